The predicted octanol–water partition coefficient (Wildman–Crippen LogP) is 4.35. The van der Waals surface area contributed by atoms with Gasteiger partial charge in [0.2, 0.25) is 0 Å². The highest BCUT2D eigenvalue weighted by atomic mass is 16.4. The van der Waals surface area contributed by atoms with Crippen LogP contribution in [0.15, 0.2) is 35.5 Å². The molecule has 0 bridgehead atoms. The van der Waals surface area contributed by atoms with Crippen LogP contribution >= 0.6 is 0 Å². The number of rotatable bonds is 7. The molecule has 0 rings (SSSR count). The van der Waals surface area contributed by atoms with E-state index in [-0.39, 0.29) is 0 Å². The van der Waals surface area contributed by atoms with E-state index in [0.717, 1.165) is 24.8 Å². The van der Waals surface area contributed by atoms with Crippen molar-refractivity contribution in [3.63, 3.8) is 0 Å². The fourth-order valence-electron chi connectivity index (χ4n) is 1.49. The number of carbonyl (C=O) groups is 1. The smallest absolute Gasteiger partial charge is 0.331 e. The Kier molecular flexibility index (Phi) is 8.12. The fourth-order valence-corrected chi connectivity index (χ4v) is 1.49. The quantitative estimate of drug-likeness (QED) is 0.405. The van der Waals surface area contributed by atoms with Crippen LogP contribution < -0.4 is 0 Å². The Bertz CT molecular complexity index is 322. The first kappa shape index (κ1) is 15.7. The van der Waals surface area contributed by atoms with Crippen molar-refractivity contribution in [3.8, 4) is 0 Å². The Balaban J connectivity index is 4.14. The van der Waals surface area contributed by atoms with Crippen molar-refractivity contribution in [2.45, 2.75) is 47.0 Å². The summed E-state index contributed by atoms with van der Waals surface area (Å²) >= 11 is 0. The lowest BCUT2D eigenvalue weighted by Crippen LogP contribution is -2.05. The molecular weight excluding hydrogens is 212 g/mol. The van der Waals surface area contributed by atoms with Crippen LogP contribution in [-0.2, 0) is 4.79 Å². The molecule has 96 valence electrons. The first-order valence-corrected chi connectivity index (χ1v) is 6.17. The molecule has 0 radical (unpaired) electrons. The maximum Gasteiger partial charge on any atom is 0.331 e. The predicted molar refractivity (Wildman–Crippen MR) is 73.0 cm³/mol. The number of carboxylic acid groups (broad SMARTS) is 1. The molecule has 2 heteroatoms. The van der Waals surface area contributed by atoms with Crippen molar-refractivity contribution in [1.29, 1.82) is 0 Å². The number of unbranched alkanes of at least 4 members (excludes halogenated alkanes) is 1. The molecule has 2 nitrogen and oxygen atoms in total. The van der Waals surface area contributed by atoms with Crippen molar-refractivity contribution >= 4 is 5.97 Å². The summed E-state index contributed by atoms with van der Waals surface area (Å²) in [5, 5.41) is 8.89. The Morgan fingerprint density at radius 2 is 1.76 bits per heavy atom. The molecule has 0 aromatic rings. The second-order valence-corrected chi connectivity index (χ2v) is 4.37. The molecule has 1 atom stereocenters. The zero-order valence-electron chi connectivity index (χ0n) is 11.4. The van der Waals surface area contributed by atoms with Gasteiger partial charge < -0.3 is 5.11 Å². The zero-order chi connectivity index (χ0) is 13.3. The van der Waals surface area contributed by atoms with Crippen LogP contribution in [0, 0.1) is 5.92 Å². The summed E-state index contributed by atoms with van der Waals surface area (Å²) in [5.74, 6) is -0.518. The van der Waals surface area contributed by atoms with E-state index in [2.05, 4.69) is 31.2 Å². The van der Waals surface area contributed by atoms with E-state index >= 15 is 0 Å². The van der Waals surface area contributed by atoms with Gasteiger partial charge in [-0.1, -0.05) is 36.8 Å². The number of aliphatic carboxylic acids is 1. The summed E-state index contributed by atoms with van der Waals surface area (Å²) in [6.07, 6.45) is 11.5. The Labute approximate surface area is 105 Å². The SMILES string of the molecule is C/C=C/CC/C=C/CC(C)/C(C)=C(\C)C(=O)O. The van der Waals surface area contributed by atoms with E-state index in [0.29, 0.717) is 11.5 Å². The van der Waals surface area contributed by atoms with Crippen molar-refractivity contribution < 1.29 is 9.90 Å². The van der Waals surface area contributed by atoms with Gasteiger partial charge in [-0.3, -0.25) is 0 Å². The van der Waals surface area contributed by atoms with Gasteiger partial charge in [-0.25, -0.2) is 4.79 Å². The first-order chi connectivity index (χ1) is 8.00. The second kappa shape index (κ2) is 8.80. The normalized spacial score (nSPS) is 15.3. The molecule has 1 unspecified atom stereocenters. The lowest BCUT2D eigenvalue weighted by molar-refractivity contribution is -0.132. The Morgan fingerprint density at radius 3 is 2.29 bits per heavy atom. The highest BCUT2D eigenvalue weighted by Crippen LogP contribution is 2.18. The topological polar surface area (TPSA) is 37.3 Å². The number of hydrogen-bond acceptors (Lipinski definition) is 1. The van der Waals surface area contributed by atoms with Gasteiger partial charge >= 0.3 is 5.97 Å². The molecule has 0 aliphatic rings. The van der Waals surface area contributed by atoms with Crippen molar-refractivity contribution in [2.24, 2.45) is 5.92 Å². The fraction of sp³-hybridized carbons (Fsp3) is 0.533. The van der Waals surface area contributed by atoms with Gasteiger partial charge in [0, 0.05) is 5.57 Å². The van der Waals surface area contributed by atoms with E-state index in [1.54, 1.807) is 6.92 Å². The molecule has 0 amide bonds. The van der Waals surface area contributed by atoms with Crippen LogP contribution in [0.3, 0.4) is 0 Å². The highest BCUT2D eigenvalue weighted by Gasteiger charge is 2.10. The molecule has 1 N–H and O–H groups in total. The lowest BCUT2D eigenvalue weighted by atomic mass is 9.94. The molecular formula is C15H24O2. The number of carboxylic acids is 1. The molecule has 0 fully saturated rings. The van der Waals surface area contributed by atoms with Crippen LogP contribution in [0.4, 0.5) is 0 Å². The molecule has 0 saturated carbocycles. The molecule has 0 heterocycles. The average Bonchev–Trinajstić information content (AvgIpc) is 2.31. The van der Waals surface area contributed by atoms with Crippen molar-refractivity contribution in [3.05, 3.63) is 35.5 Å². The van der Waals surface area contributed by atoms with Gasteiger partial charge in [0.15, 0.2) is 0 Å². The molecule has 0 spiro atoms. The zero-order valence-corrected chi connectivity index (χ0v) is 11.4. The largest absolute Gasteiger partial charge is 0.478 e. The monoisotopic (exact) mass is 236 g/mol. The maximum absolute atomic E-state index is 10.8. The minimum Gasteiger partial charge on any atom is -0.478 e. The summed E-state index contributed by atoms with van der Waals surface area (Å²) < 4.78 is 0. The molecule has 0 aliphatic heterocycles. The summed E-state index contributed by atoms with van der Waals surface area (Å²) in [5.41, 5.74) is 1.44. The third-order valence-corrected chi connectivity index (χ3v) is 3.04. The standard InChI is InChI=1S/C15H24O2/c1-5-6-7-8-9-10-11-12(2)13(3)14(4)15(16)17/h5-6,9-10,12H,7-8,11H2,1-4H3,(H,16,17)/b6-5+,10-9+,14-13+. The minimum absolute atomic E-state index is 0.295. The van der Waals surface area contributed by atoms with Crippen LogP contribution in [0.5, 0.6) is 0 Å². The van der Waals surface area contributed by atoms with E-state index in [1.165, 1.54) is 0 Å². The summed E-state index contributed by atoms with van der Waals surface area (Å²) in [4.78, 5) is 10.8. The number of allylic oxidation sites excluding steroid dienone is 5. The van der Waals surface area contributed by atoms with E-state index in [1.807, 2.05) is 13.8 Å². The maximum atomic E-state index is 10.8. The van der Waals surface area contributed by atoms with Crippen LogP contribution in [-0.4, -0.2) is 11.1 Å². The van der Waals surface area contributed by atoms with E-state index < -0.39 is 5.97 Å². The lowest BCUT2D eigenvalue weighted by Gasteiger charge is -2.11. The van der Waals surface area contributed by atoms with E-state index in [4.69, 9.17) is 5.11 Å². The van der Waals surface area contributed by atoms with Gasteiger partial charge in [-0.2, -0.15) is 0 Å². The molecule has 0 aliphatic carbocycles. The van der Waals surface area contributed by atoms with Gasteiger partial charge in [-0.15, -0.1) is 0 Å². The van der Waals surface area contributed by atoms with Gasteiger partial charge in [0.25, 0.3) is 0 Å². The molecule has 0 aromatic carbocycles. The third kappa shape index (κ3) is 6.77. The van der Waals surface area contributed by atoms with E-state index in [9.17, 15) is 4.79 Å². The molecule has 0 saturated heterocycles. The highest BCUT2D eigenvalue weighted by molar-refractivity contribution is 5.86. The Hall–Kier alpha value is -1.31. The average molecular weight is 236 g/mol. The van der Waals surface area contributed by atoms with Crippen LogP contribution in [0.2, 0.25) is 0 Å². The van der Waals surface area contributed by atoms with Crippen molar-refractivity contribution in [2.75, 3.05) is 0 Å². The Morgan fingerprint density at radius 1 is 1.18 bits per heavy atom. The summed E-state index contributed by atoms with van der Waals surface area (Å²) in [6, 6.07) is 0. The third-order valence-electron chi connectivity index (χ3n) is 3.04. The molecule has 17 heavy (non-hydrogen) atoms. The van der Waals surface area contributed by atoms with Gasteiger partial charge in [0.1, 0.15) is 0 Å². The van der Waals surface area contributed by atoms with Gasteiger partial charge in [0.05, 0.1) is 0 Å². The van der Waals surface area contributed by atoms with Crippen molar-refractivity contribution in [1.82, 2.24) is 0 Å². The van der Waals surface area contributed by atoms with Gasteiger partial charge in [-0.05, 0) is 46.0 Å². The second-order valence-electron chi connectivity index (χ2n) is 4.37. The minimum atomic E-state index is -0.814. The first-order valence-electron chi connectivity index (χ1n) is 6.17. The van der Waals surface area contributed by atoms with Crippen LogP contribution in [0.1, 0.15) is 47.0 Å². The number of hydrogen-bond donors (Lipinski definition) is 1. The van der Waals surface area contributed by atoms with Crippen LogP contribution in [0.25, 0.3) is 0 Å². The molecule has 0 aromatic heterocycles. The summed E-state index contributed by atoms with van der Waals surface area (Å²) in [7, 11) is 0. The summed E-state index contributed by atoms with van der Waals surface area (Å²) in [6.45, 7) is 7.67.